The molecule has 0 aliphatic heterocycles. The topological polar surface area (TPSA) is 75.3 Å². The van der Waals surface area contributed by atoms with E-state index in [4.69, 9.17) is 6.42 Å². The molecule has 2 N–H and O–H groups in total. The number of terminal acetylenes is 1. The number of hydrogen-bond acceptors (Lipinski definition) is 3. The van der Waals surface area contributed by atoms with Crippen molar-refractivity contribution in [2.24, 2.45) is 0 Å². The number of sulfonamides is 1. The summed E-state index contributed by atoms with van der Waals surface area (Å²) in [7, 11) is -3.77. The second-order valence-corrected chi connectivity index (χ2v) is 6.92. The molecule has 0 aromatic heterocycles. The lowest BCUT2D eigenvalue weighted by molar-refractivity contribution is 0.0954. The Labute approximate surface area is 146 Å². The number of amides is 1. The van der Waals surface area contributed by atoms with Gasteiger partial charge in [-0.2, -0.15) is 4.72 Å². The number of hydrogen-bond donors (Lipinski definition) is 2. The van der Waals surface area contributed by atoms with Crippen LogP contribution in [0.3, 0.4) is 0 Å². The molecule has 5 nitrogen and oxygen atoms in total. The second-order valence-electron chi connectivity index (χ2n) is 5.15. The van der Waals surface area contributed by atoms with Gasteiger partial charge in [-0.05, 0) is 36.2 Å². The van der Waals surface area contributed by atoms with Gasteiger partial charge in [-0.3, -0.25) is 4.79 Å². The molecule has 0 saturated carbocycles. The fourth-order valence-corrected chi connectivity index (χ4v) is 3.12. The van der Waals surface area contributed by atoms with Crippen molar-refractivity contribution in [1.29, 1.82) is 0 Å². The molecule has 0 unspecified atom stereocenters. The summed E-state index contributed by atoms with van der Waals surface area (Å²) in [5, 5.41) is 2.64. The molecule has 2 aromatic carbocycles. The van der Waals surface area contributed by atoms with Crippen LogP contribution in [0.4, 0.5) is 4.39 Å². The minimum atomic E-state index is -3.77. The van der Waals surface area contributed by atoms with Gasteiger partial charge in [0.25, 0.3) is 5.91 Å². The molecule has 0 fully saturated rings. The molecule has 0 saturated heterocycles. The van der Waals surface area contributed by atoms with Crippen LogP contribution in [0.15, 0.2) is 53.4 Å². The Kier molecular flexibility index (Phi) is 6.28. The first kappa shape index (κ1) is 18.6. The summed E-state index contributed by atoms with van der Waals surface area (Å²) in [4.78, 5) is 12.1. The van der Waals surface area contributed by atoms with Gasteiger partial charge in [0.15, 0.2) is 0 Å². The average molecular weight is 360 g/mol. The van der Waals surface area contributed by atoms with Crippen molar-refractivity contribution >= 4 is 15.9 Å². The minimum Gasteiger partial charge on any atom is -0.352 e. The summed E-state index contributed by atoms with van der Waals surface area (Å²) in [6.45, 7) is 0.0908. The third-order valence-electron chi connectivity index (χ3n) is 3.41. The molecule has 0 bridgehead atoms. The van der Waals surface area contributed by atoms with Crippen molar-refractivity contribution in [1.82, 2.24) is 10.0 Å². The van der Waals surface area contributed by atoms with E-state index in [1.807, 2.05) is 0 Å². The highest BCUT2D eigenvalue weighted by atomic mass is 32.2. The van der Waals surface area contributed by atoms with Gasteiger partial charge < -0.3 is 5.32 Å². The molecule has 0 heterocycles. The lowest BCUT2D eigenvalue weighted by atomic mass is 10.1. The van der Waals surface area contributed by atoms with E-state index in [2.05, 4.69) is 16.0 Å². The largest absolute Gasteiger partial charge is 0.352 e. The maximum atomic E-state index is 13.5. The van der Waals surface area contributed by atoms with E-state index < -0.39 is 15.9 Å². The normalized spacial score (nSPS) is 10.9. The predicted octanol–water partition coefficient (Wildman–Crippen LogP) is 1.71. The number of rotatable bonds is 7. The summed E-state index contributed by atoms with van der Waals surface area (Å²) < 4.78 is 39.8. The zero-order valence-electron chi connectivity index (χ0n) is 13.3. The summed E-state index contributed by atoms with van der Waals surface area (Å²) in [5.74, 6) is 1.41. The summed E-state index contributed by atoms with van der Waals surface area (Å²) in [5.41, 5.74) is 0.690. The van der Waals surface area contributed by atoms with Gasteiger partial charge in [0.05, 0.1) is 11.4 Å². The smallest absolute Gasteiger partial charge is 0.251 e. The molecular formula is C18H17FN2O3S. The summed E-state index contributed by atoms with van der Waals surface area (Å²) >= 11 is 0. The number of nitrogens with one attached hydrogen (secondary N) is 2. The maximum absolute atomic E-state index is 13.5. The van der Waals surface area contributed by atoms with Crippen LogP contribution in [-0.2, 0) is 16.4 Å². The molecule has 25 heavy (non-hydrogen) atoms. The Balaban J connectivity index is 2.02. The summed E-state index contributed by atoms with van der Waals surface area (Å²) in [6, 6.07) is 11.9. The van der Waals surface area contributed by atoms with Crippen LogP contribution in [0.25, 0.3) is 0 Å². The standard InChI is InChI=1S/C18H17FN2O3S/c1-2-11-21-25(23,24)16-8-5-7-15(13-16)18(22)20-12-10-14-6-3-4-9-17(14)19/h1,3-9,13,21H,10-12H2,(H,20,22). The molecule has 0 aliphatic rings. The van der Waals surface area contributed by atoms with Gasteiger partial charge in [-0.25, -0.2) is 12.8 Å². The molecule has 2 aromatic rings. The fourth-order valence-electron chi connectivity index (χ4n) is 2.14. The Morgan fingerprint density at radius 3 is 2.64 bits per heavy atom. The van der Waals surface area contributed by atoms with Crippen molar-refractivity contribution in [3.05, 3.63) is 65.5 Å². The second kappa shape index (κ2) is 8.42. The predicted molar refractivity (Wildman–Crippen MR) is 92.9 cm³/mol. The van der Waals surface area contributed by atoms with Crippen molar-refractivity contribution in [2.75, 3.05) is 13.1 Å². The molecule has 0 radical (unpaired) electrons. The maximum Gasteiger partial charge on any atom is 0.251 e. The zero-order valence-corrected chi connectivity index (χ0v) is 14.1. The zero-order chi connectivity index (χ0) is 18.3. The fraction of sp³-hybridized carbons (Fsp3) is 0.167. The molecular weight excluding hydrogens is 343 g/mol. The van der Waals surface area contributed by atoms with Gasteiger partial charge in [0.1, 0.15) is 5.82 Å². The van der Waals surface area contributed by atoms with E-state index in [1.165, 1.54) is 30.3 Å². The third-order valence-corrected chi connectivity index (χ3v) is 4.81. The van der Waals surface area contributed by atoms with E-state index in [1.54, 1.807) is 18.2 Å². The van der Waals surface area contributed by atoms with Crippen LogP contribution >= 0.6 is 0 Å². The van der Waals surface area contributed by atoms with Gasteiger partial charge in [0, 0.05) is 12.1 Å². The van der Waals surface area contributed by atoms with Crippen LogP contribution in [0.2, 0.25) is 0 Å². The van der Waals surface area contributed by atoms with Crippen LogP contribution < -0.4 is 10.0 Å². The Hall–Kier alpha value is -2.69. The number of halogens is 1. The number of carbonyl (C=O) groups excluding carboxylic acids is 1. The highest BCUT2D eigenvalue weighted by molar-refractivity contribution is 7.89. The minimum absolute atomic E-state index is 0.0514. The van der Waals surface area contributed by atoms with E-state index in [-0.39, 0.29) is 29.4 Å². The van der Waals surface area contributed by atoms with E-state index >= 15 is 0 Å². The molecule has 7 heteroatoms. The first-order valence-corrected chi connectivity index (χ1v) is 8.97. The van der Waals surface area contributed by atoms with Gasteiger partial charge in [-0.1, -0.05) is 30.2 Å². The monoisotopic (exact) mass is 360 g/mol. The van der Waals surface area contributed by atoms with Crippen LogP contribution in [0, 0.1) is 18.2 Å². The SMILES string of the molecule is C#CCNS(=O)(=O)c1cccc(C(=O)NCCc2ccccc2F)c1. The van der Waals surface area contributed by atoms with E-state index in [0.29, 0.717) is 12.0 Å². The van der Waals surface area contributed by atoms with Crippen molar-refractivity contribution < 1.29 is 17.6 Å². The van der Waals surface area contributed by atoms with Gasteiger partial charge >= 0.3 is 0 Å². The first-order valence-electron chi connectivity index (χ1n) is 7.49. The highest BCUT2D eigenvalue weighted by Crippen LogP contribution is 2.12. The van der Waals surface area contributed by atoms with E-state index in [9.17, 15) is 17.6 Å². The number of carbonyl (C=O) groups is 1. The molecule has 130 valence electrons. The lowest BCUT2D eigenvalue weighted by Gasteiger charge is -2.08. The summed E-state index contributed by atoms with van der Waals surface area (Å²) in [6.07, 6.45) is 5.37. The van der Waals surface area contributed by atoms with Crippen molar-refractivity contribution in [2.45, 2.75) is 11.3 Å². The molecule has 2 rings (SSSR count). The quantitative estimate of drug-likeness (QED) is 0.738. The third kappa shape index (κ3) is 5.14. The number of benzene rings is 2. The average Bonchev–Trinajstić information content (AvgIpc) is 2.61. The molecule has 0 spiro atoms. The van der Waals surface area contributed by atoms with Crippen LogP contribution in [0.5, 0.6) is 0 Å². The highest BCUT2D eigenvalue weighted by Gasteiger charge is 2.15. The van der Waals surface area contributed by atoms with Crippen LogP contribution in [0.1, 0.15) is 15.9 Å². The van der Waals surface area contributed by atoms with Crippen molar-refractivity contribution in [3.63, 3.8) is 0 Å². The molecule has 0 aliphatic carbocycles. The molecule has 1 amide bonds. The first-order chi connectivity index (χ1) is 11.9. The van der Waals surface area contributed by atoms with Gasteiger partial charge in [-0.15, -0.1) is 6.42 Å². The Bertz CT molecular complexity index is 905. The Morgan fingerprint density at radius 2 is 1.92 bits per heavy atom. The van der Waals surface area contributed by atoms with Gasteiger partial charge in [0.2, 0.25) is 10.0 Å². The molecule has 0 atom stereocenters. The van der Waals surface area contributed by atoms with Crippen molar-refractivity contribution in [3.8, 4) is 12.3 Å². The Morgan fingerprint density at radius 1 is 1.16 bits per heavy atom. The van der Waals surface area contributed by atoms with Crippen LogP contribution in [-0.4, -0.2) is 27.4 Å². The lowest BCUT2D eigenvalue weighted by Crippen LogP contribution is -2.27. The van der Waals surface area contributed by atoms with E-state index in [0.717, 1.165) is 0 Å².